The predicted octanol–water partition coefficient (Wildman–Crippen LogP) is 0.502. The third-order valence-electron chi connectivity index (χ3n) is 1.60. The van der Waals surface area contributed by atoms with Crippen molar-refractivity contribution in [2.24, 2.45) is 0 Å². The van der Waals surface area contributed by atoms with E-state index in [1.807, 2.05) is 6.07 Å². The Morgan fingerprint density at radius 3 is 2.80 bits per heavy atom. The molecule has 0 amide bonds. The van der Waals surface area contributed by atoms with Gasteiger partial charge in [-0.15, -0.1) is 10.5 Å². The molecule has 0 aromatic heterocycles. The Labute approximate surface area is 103 Å². The van der Waals surface area contributed by atoms with Gasteiger partial charge in [-0.3, -0.25) is 0 Å². The van der Waals surface area contributed by atoms with E-state index < -0.39 is 0 Å². The first kappa shape index (κ1) is 12.2. The van der Waals surface area contributed by atoms with Crippen molar-refractivity contribution in [1.82, 2.24) is 10.7 Å². The average molecular weight is 263 g/mol. The molecular weight excluding hydrogens is 253 g/mol. The third kappa shape index (κ3) is 4.03. The van der Waals surface area contributed by atoms with Crippen molar-refractivity contribution in [2.75, 3.05) is 7.05 Å². The largest absolute Gasteiger partial charge is 0.361 e. The number of benzene rings is 1. The van der Waals surface area contributed by atoms with Crippen LogP contribution in [0.2, 0.25) is 10.0 Å². The smallest absolute Gasteiger partial charge is 0.223 e. The third-order valence-corrected chi connectivity index (χ3v) is 2.47. The summed E-state index contributed by atoms with van der Waals surface area (Å²) in [4.78, 5) is 0. The van der Waals surface area contributed by atoms with Gasteiger partial charge >= 0.3 is 0 Å². The second kappa shape index (κ2) is 5.90. The minimum atomic E-state index is 0.497. The number of hydrogen-bond acceptors (Lipinski definition) is 1. The summed E-state index contributed by atoms with van der Waals surface area (Å²) >= 11 is 16.6. The molecular formula is C9H10Cl2N3S+. The molecule has 1 rings (SSSR count). The molecule has 0 saturated carbocycles. The van der Waals surface area contributed by atoms with Crippen molar-refractivity contribution in [2.45, 2.75) is 0 Å². The molecule has 0 atom stereocenters. The molecule has 0 bridgehead atoms. The molecule has 0 heterocycles. The summed E-state index contributed by atoms with van der Waals surface area (Å²) in [5, 5.41) is 7.25. The molecule has 0 saturated heterocycles. The van der Waals surface area contributed by atoms with Crippen LogP contribution >= 0.6 is 35.4 Å². The topological polar surface area (TPSA) is 38.0 Å². The highest BCUT2D eigenvalue weighted by molar-refractivity contribution is 7.80. The fourth-order valence-electron chi connectivity index (χ4n) is 0.860. The Morgan fingerprint density at radius 2 is 2.20 bits per heavy atom. The van der Waals surface area contributed by atoms with Crippen LogP contribution in [0.25, 0.3) is 0 Å². The quantitative estimate of drug-likeness (QED) is 0.413. The zero-order chi connectivity index (χ0) is 11.3. The van der Waals surface area contributed by atoms with Crippen molar-refractivity contribution in [3.8, 4) is 0 Å². The molecule has 1 aromatic rings. The Morgan fingerprint density at radius 1 is 1.47 bits per heavy atom. The van der Waals surface area contributed by atoms with Crippen LogP contribution in [0.1, 0.15) is 5.56 Å². The van der Waals surface area contributed by atoms with Crippen LogP contribution in [-0.2, 0) is 0 Å². The molecule has 0 unspecified atom stereocenters. The van der Waals surface area contributed by atoms with Gasteiger partial charge in [0.2, 0.25) is 5.11 Å². The lowest BCUT2D eigenvalue weighted by atomic mass is 10.2. The summed E-state index contributed by atoms with van der Waals surface area (Å²) in [6, 6.07) is 5.24. The van der Waals surface area contributed by atoms with E-state index in [0.717, 1.165) is 5.56 Å². The summed E-state index contributed by atoms with van der Waals surface area (Å²) in [5.74, 6) is 0. The number of halogens is 2. The maximum absolute atomic E-state index is 5.95. The fraction of sp³-hybridized carbons (Fsp3) is 0.111. The van der Waals surface area contributed by atoms with Gasteiger partial charge in [-0.05, 0) is 30.4 Å². The molecule has 0 aliphatic carbocycles. The molecule has 1 aromatic carbocycles. The monoisotopic (exact) mass is 262 g/mol. The van der Waals surface area contributed by atoms with Crippen LogP contribution in [-0.4, -0.2) is 18.4 Å². The number of hydrazine groups is 1. The van der Waals surface area contributed by atoms with Crippen LogP contribution in [0.5, 0.6) is 0 Å². The van der Waals surface area contributed by atoms with Gasteiger partial charge in [-0.2, -0.15) is 0 Å². The lowest BCUT2D eigenvalue weighted by Gasteiger charge is -1.96. The number of thiocarbonyl (C=S) groups is 1. The predicted molar refractivity (Wildman–Crippen MR) is 67.4 cm³/mol. The SMILES string of the molecule is CNC(=S)N[NH+]=Cc1ccc(Cl)cc1Cl. The first-order valence-electron chi connectivity index (χ1n) is 4.15. The number of rotatable bonds is 2. The maximum atomic E-state index is 5.95. The van der Waals surface area contributed by atoms with Crippen molar-refractivity contribution in [1.29, 1.82) is 0 Å². The molecule has 0 spiro atoms. The number of hydrazone groups is 1. The van der Waals surface area contributed by atoms with Gasteiger partial charge in [-0.1, -0.05) is 23.2 Å². The maximum Gasteiger partial charge on any atom is 0.223 e. The summed E-state index contributed by atoms with van der Waals surface area (Å²) in [6.45, 7) is 0. The molecule has 0 radical (unpaired) electrons. The Bertz CT molecular complexity index is 393. The minimum absolute atomic E-state index is 0.497. The van der Waals surface area contributed by atoms with Crippen LogP contribution < -0.4 is 15.8 Å². The highest BCUT2D eigenvalue weighted by Crippen LogP contribution is 2.18. The second-order valence-electron chi connectivity index (χ2n) is 2.66. The molecule has 6 heteroatoms. The highest BCUT2D eigenvalue weighted by Gasteiger charge is 2.00. The summed E-state index contributed by atoms with van der Waals surface area (Å²) in [5.41, 5.74) is 3.57. The van der Waals surface area contributed by atoms with Gasteiger partial charge in [-0.25, -0.2) is 0 Å². The Balaban J connectivity index is 2.68. The second-order valence-corrected chi connectivity index (χ2v) is 3.91. The van der Waals surface area contributed by atoms with E-state index in [9.17, 15) is 0 Å². The van der Waals surface area contributed by atoms with E-state index in [1.54, 1.807) is 25.4 Å². The molecule has 3 nitrogen and oxygen atoms in total. The molecule has 80 valence electrons. The summed E-state index contributed by atoms with van der Waals surface area (Å²) in [6.07, 6.45) is 1.70. The average Bonchev–Trinajstić information content (AvgIpc) is 2.21. The van der Waals surface area contributed by atoms with E-state index in [0.29, 0.717) is 15.2 Å². The van der Waals surface area contributed by atoms with Gasteiger partial charge in [0.1, 0.15) is 0 Å². The van der Waals surface area contributed by atoms with Crippen LogP contribution in [0.4, 0.5) is 0 Å². The standard InChI is InChI=1S/C9H9Cl2N3S/c1-12-9(15)14-13-5-6-2-3-7(10)4-8(6)11/h2-5H,1H3,(H2,12,14,15)/p+1. The Kier molecular flexibility index (Phi) is 4.81. The van der Waals surface area contributed by atoms with Crippen LogP contribution in [0.15, 0.2) is 18.2 Å². The number of hydrogen-bond donors (Lipinski definition) is 3. The van der Waals surface area contributed by atoms with E-state index >= 15 is 0 Å². The van der Waals surface area contributed by atoms with Crippen LogP contribution in [0.3, 0.4) is 0 Å². The minimum Gasteiger partial charge on any atom is -0.361 e. The van der Waals surface area contributed by atoms with Crippen molar-refractivity contribution in [3.05, 3.63) is 33.8 Å². The molecule has 0 aliphatic rings. The van der Waals surface area contributed by atoms with E-state index in [4.69, 9.17) is 35.4 Å². The zero-order valence-electron chi connectivity index (χ0n) is 7.97. The van der Waals surface area contributed by atoms with Gasteiger partial charge in [0.05, 0.1) is 10.6 Å². The van der Waals surface area contributed by atoms with E-state index in [2.05, 4.69) is 15.8 Å². The van der Waals surface area contributed by atoms with E-state index in [-0.39, 0.29) is 0 Å². The normalized spacial score (nSPS) is 10.3. The fourth-order valence-corrected chi connectivity index (χ4v) is 1.38. The van der Waals surface area contributed by atoms with Crippen molar-refractivity contribution in [3.63, 3.8) is 0 Å². The lowest BCUT2D eigenvalue weighted by Crippen LogP contribution is -2.82. The highest BCUT2D eigenvalue weighted by atomic mass is 35.5. The van der Waals surface area contributed by atoms with Gasteiger partial charge in [0, 0.05) is 12.1 Å². The van der Waals surface area contributed by atoms with Crippen molar-refractivity contribution >= 4 is 46.7 Å². The molecule has 15 heavy (non-hydrogen) atoms. The first-order valence-corrected chi connectivity index (χ1v) is 5.31. The van der Waals surface area contributed by atoms with Crippen LogP contribution in [0, 0.1) is 0 Å². The molecule has 3 N–H and O–H groups in total. The van der Waals surface area contributed by atoms with E-state index in [1.165, 1.54) is 0 Å². The van der Waals surface area contributed by atoms with Crippen molar-refractivity contribution < 1.29 is 5.10 Å². The first-order chi connectivity index (χ1) is 7.13. The number of nitrogens with one attached hydrogen (secondary N) is 3. The Hall–Kier alpha value is -0.840. The zero-order valence-corrected chi connectivity index (χ0v) is 10.3. The molecule has 0 aliphatic heterocycles. The lowest BCUT2D eigenvalue weighted by molar-refractivity contribution is -0.500. The molecule has 0 fully saturated rings. The van der Waals surface area contributed by atoms with Gasteiger partial charge in [0.25, 0.3) is 0 Å². The van der Waals surface area contributed by atoms with Gasteiger partial charge < -0.3 is 5.32 Å². The summed E-state index contributed by atoms with van der Waals surface area (Å²) < 4.78 is 0. The summed E-state index contributed by atoms with van der Waals surface area (Å²) in [7, 11) is 1.73. The van der Waals surface area contributed by atoms with Gasteiger partial charge in [0.15, 0.2) is 6.21 Å².